The van der Waals surface area contributed by atoms with Crippen LogP contribution in [0.3, 0.4) is 0 Å². The van der Waals surface area contributed by atoms with Gasteiger partial charge in [-0.1, -0.05) is 0 Å². The molecule has 1 rings (SSSR count). The van der Waals surface area contributed by atoms with Gasteiger partial charge < -0.3 is 24.6 Å². The largest absolute Gasteiger partial charge is 0.388 e. The first-order chi connectivity index (χ1) is 7.72. The number of aliphatic hydroxyl groups is 1. The maximum Gasteiger partial charge on any atom is 0.101 e. The first-order valence-electron chi connectivity index (χ1n) is 5.92. The quantitative estimate of drug-likeness (QED) is 0.636. The first kappa shape index (κ1) is 13.9. The molecule has 0 saturated carbocycles. The minimum absolute atomic E-state index is 0.0862. The third-order valence-corrected chi connectivity index (χ3v) is 2.36. The van der Waals surface area contributed by atoms with Crippen molar-refractivity contribution in [2.75, 3.05) is 39.5 Å². The van der Waals surface area contributed by atoms with Crippen LogP contribution < -0.4 is 5.32 Å². The lowest BCUT2D eigenvalue weighted by Crippen LogP contribution is -2.45. The van der Waals surface area contributed by atoms with Crippen LogP contribution in [0.5, 0.6) is 0 Å². The van der Waals surface area contributed by atoms with E-state index in [0.29, 0.717) is 26.4 Å². The second kappa shape index (κ2) is 7.97. The Labute approximate surface area is 97.1 Å². The van der Waals surface area contributed by atoms with Crippen LogP contribution in [0.25, 0.3) is 0 Å². The number of aliphatic hydroxyl groups excluding tert-OH is 1. The molecule has 0 aliphatic carbocycles. The third-order valence-electron chi connectivity index (χ3n) is 2.36. The molecule has 0 aromatic carbocycles. The second-order valence-electron chi connectivity index (χ2n) is 4.08. The highest BCUT2D eigenvalue weighted by Crippen LogP contribution is 2.03. The van der Waals surface area contributed by atoms with Gasteiger partial charge >= 0.3 is 0 Å². The number of nitrogens with one attached hydrogen (secondary N) is 1. The topological polar surface area (TPSA) is 60.0 Å². The van der Waals surface area contributed by atoms with E-state index in [-0.39, 0.29) is 12.2 Å². The maximum absolute atomic E-state index is 9.46. The fourth-order valence-corrected chi connectivity index (χ4v) is 1.61. The molecule has 1 saturated heterocycles. The molecular formula is C11H23NO4. The molecule has 3 unspecified atom stereocenters. The zero-order valence-corrected chi connectivity index (χ0v) is 10.1. The number of hydrogen-bond donors (Lipinski definition) is 2. The van der Waals surface area contributed by atoms with E-state index in [9.17, 15) is 5.11 Å². The van der Waals surface area contributed by atoms with Gasteiger partial charge in [-0.3, -0.25) is 0 Å². The van der Waals surface area contributed by atoms with E-state index in [4.69, 9.17) is 14.2 Å². The van der Waals surface area contributed by atoms with Crippen molar-refractivity contribution in [2.45, 2.75) is 32.2 Å². The monoisotopic (exact) mass is 233 g/mol. The average molecular weight is 233 g/mol. The lowest BCUT2D eigenvalue weighted by atomic mass is 10.2. The summed E-state index contributed by atoms with van der Waals surface area (Å²) in [6.07, 6.45) is -0.229. The zero-order chi connectivity index (χ0) is 11.8. The van der Waals surface area contributed by atoms with Crippen molar-refractivity contribution in [3.8, 4) is 0 Å². The average Bonchev–Trinajstić information content (AvgIpc) is 2.26. The predicted octanol–water partition coefficient (Wildman–Crippen LogP) is -0.223. The highest BCUT2D eigenvalue weighted by atomic mass is 16.5. The van der Waals surface area contributed by atoms with E-state index < -0.39 is 6.10 Å². The molecule has 1 fully saturated rings. The summed E-state index contributed by atoms with van der Waals surface area (Å²) in [5.74, 6) is 0. The van der Waals surface area contributed by atoms with E-state index in [1.54, 1.807) is 0 Å². The Morgan fingerprint density at radius 3 is 2.81 bits per heavy atom. The van der Waals surface area contributed by atoms with Crippen molar-refractivity contribution in [1.82, 2.24) is 5.32 Å². The molecule has 2 N–H and O–H groups in total. The van der Waals surface area contributed by atoms with Crippen LogP contribution in [-0.4, -0.2) is 62.9 Å². The standard InChI is InChI=1S/C11H23NO4/c1-3-14-6-10(13)7-15-8-11-5-12-4-9(2)16-11/h9-13H,3-8H2,1-2H3. The smallest absolute Gasteiger partial charge is 0.101 e. The van der Waals surface area contributed by atoms with Gasteiger partial charge in [-0.05, 0) is 13.8 Å². The van der Waals surface area contributed by atoms with Gasteiger partial charge in [0.25, 0.3) is 0 Å². The normalized spacial score (nSPS) is 27.9. The second-order valence-corrected chi connectivity index (χ2v) is 4.08. The van der Waals surface area contributed by atoms with Gasteiger partial charge in [-0.2, -0.15) is 0 Å². The van der Waals surface area contributed by atoms with Crippen molar-refractivity contribution >= 4 is 0 Å². The highest BCUT2D eigenvalue weighted by Gasteiger charge is 2.18. The van der Waals surface area contributed by atoms with Gasteiger partial charge in [0.15, 0.2) is 0 Å². The number of ether oxygens (including phenoxy) is 3. The Hall–Kier alpha value is -0.200. The summed E-state index contributed by atoms with van der Waals surface area (Å²) in [5.41, 5.74) is 0. The summed E-state index contributed by atoms with van der Waals surface area (Å²) in [4.78, 5) is 0. The van der Waals surface area contributed by atoms with Gasteiger partial charge in [0.05, 0.1) is 32.0 Å². The van der Waals surface area contributed by atoms with Crippen molar-refractivity contribution in [1.29, 1.82) is 0 Å². The lowest BCUT2D eigenvalue weighted by Gasteiger charge is -2.28. The number of rotatable bonds is 7. The predicted molar refractivity (Wildman–Crippen MR) is 60.5 cm³/mol. The van der Waals surface area contributed by atoms with Crippen LogP contribution in [-0.2, 0) is 14.2 Å². The molecule has 3 atom stereocenters. The Kier molecular flexibility index (Phi) is 6.91. The summed E-state index contributed by atoms with van der Waals surface area (Å²) in [6.45, 7) is 7.39. The van der Waals surface area contributed by atoms with Gasteiger partial charge in [0, 0.05) is 19.7 Å². The summed E-state index contributed by atoms with van der Waals surface area (Å²) < 4.78 is 16.1. The molecule has 0 amide bonds. The Balaban J connectivity index is 2.01. The molecule has 0 spiro atoms. The van der Waals surface area contributed by atoms with Crippen molar-refractivity contribution < 1.29 is 19.3 Å². The summed E-state index contributed by atoms with van der Waals surface area (Å²) in [5, 5.41) is 12.7. The van der Waals surface area contributed by atoms with E-state index in [0.717, 1.165) is 13.1 Å². The van der Waals surface area contributed by atoms with Crippen molar-refractivity contribution in [3.63, 3.8) is 0 Å². The van der Waals surface area contributed by atoms with Gasteiger partial charge in [-0.25, -0.2) is 0 Å². The minimum Gasteiger partial charge on any atom is -0.388 e. The van der Waals surface area contributed by atoms with E-state index in [1.165, 1.54) is 0 Å². The molecule has 1 aliphatic heterocycles. The Bertz CT molecular complexity index is 179. The number of hydrogen-bond acceptors (Lipinski definition) is 5. The van der Waals surface area contributed by atoms with E-state index >= 15 is 0 Å². The first-order valence-corrected chi connectivity index (χ1v) is 5.92. The van der Waals surface area contributed by atoms with Crippen molar-refractivity contribution in [3.05, 3.63) is 0 Å². The fraction of sp³-hybridized carbons (Fsp3) is 1.00. The Morgan fingerprint density at radius 1 is 1.38 bits per heavy atom. The molecule has 5 heteroatoms. The Morgan fingerprint density at radius 2 is 2.12 bits per heavy atom. The van der Waals surface area contributed by atoms with Gasteiger partial charge in [0.2, 0.25) is 0 Å². The summed E-state index contributed by atoms with van der Waals surface area (Å²) in [7, 11) is 0. The van der Waals surface area contributed by atoms with Crippen LogP contribution in [0, 0.1) is 0 Å². The van der Waals surface area contributed by atoms with E-state index in [2.05, 4.69) is 5.32 Å². The SMILES string of the molecule is CCOCC(O)COCC1CNCC(C)O1. The molecule has 16 heavy (non-hydrogen) atoms. The molecular weight excluding hydrogens is 210 g/mol. The maximum atomic E-state index is 9.46. The molecule has 96 valence electrons. The van der Waals surface area contributed by atoms with Crippen LogP contribution >= 0.6 is 0 Å². The van der Waals surface area contributed by atoms with Gasteiger partial charge in [0.1, 0.15) is 6.10 Å². The molecule has 1 heterocycles. The third kappa shape index (κ3) is 5.77. The van der Waals surface area contributed by atoms with Crippen LogP contribution in [0.4, 0.5) is 0 Å². The molecule has 0 aromatic rings. The molecule has 0 radical (unpaired) electrons. The van der Waals surface area contributed by atoms with Crippen molar-refractivity contribution in [2.24, 2.45) is 0 Å². The number of morpholine rings is 1. The highest BCUT2D eigenvalue weighted by molar-refractivity contribution is 4.71. The molecule has 1 aliphatic rings. The van der Waals surface area contributed by atoms with E-state index in [1.807, 2.05) is 13.8 Å². The fourth-order valence-electron chi connectivity index (χ4n) is 1.61. The molecule has 0 bridgehead atoms. The zero-order valence-electron chi connectivity index (χ0n) is 10.1. The van der Waals surface area contributed by atoms with Crippen LogP contribution in [0.1, 0.15) is 13.8 Å². The summed E-state index contributed by atoms with van der Waals surface area (Å²) >= 11 is 0. The molecule has 5 nitrogen and oxygen atoms in total. The van der Waals surface area contributed by atoms with Gasteiger partial charge in [-0.15, -0.1) is 0 Å². The lowest BCUT2D eigenvalue weighted by molar-refractivity contribution is -0.0859. The molecule has 0 aromatic heterocycles. The minimum atomic E-state index is -0.547. The van der Waals surface area contributed by atoms with Crippen LogP contribution in [0.2, 0.25) is 0 Å². The summed E-state index contributed by atoms with van der Waals surface area (Å²) in [6, 6.07) is 0. The van der Waals surface area contributed by atoms with Crippen LogP contribution in [0.15, 0.2) is 0 Å².